The van der Waals surface area contributed by atoms with Gasteiger partial charge in [-0.15, -0.1) is 10.2 Å². The predicted octanol–water partition coefficient (Wildman–Crippen LogP) is 10.9. The summed E-state index contributed by atoms with van der Waals surface area (Å²) in [7, 11) is 0. The van der Waals surface area contributed by atoms with Crippen LogP contribution < -0.4 is 16.0 Å². The Hall–Kier alpha value is -7.49. The molecular formula is C54H55Cl2F5N10O6. The summed E-state index contributed by atoms with van der Waals surface area (Å²) in [5, 5.41) is 35.1. The van der Waals surface area contributed by atoms with Crippen LogP contribution in [0.25, 0.3) is 33.7 Å². The Kier molecular flexibility index (Phi) is 18.7. The molecular weight excluding hydrogens is 1050 g/mol. The minimum Gasteiger partial charge on any atom is -0.475 e. The van der Waals surface area contributed by atoms with Gasteiger partial charge in [-0.25, -0.2) is 22.9 Å². The Morgan fingerprint density at radius 2 is 1.21 bits per heavy atom. The molecule has 6 heterocycles. The molecule has 77 heavy (non-hydrogen) atoms. The number of carbonyl (C=O) groups is 4. The molecule has 4 aliphatic heterocycles. The molecule has 4 N–H and O–H groups in total. The lowest BCUT2D eigenvalue weighted by Crippen LogP contribution is -2.32. The van der Waals surface area contributed by atoms with Gasteiger partial charge in [0.25, 0.3) is 0 Å². The Morgan fingerprint density at radius 3 is 1.64 bits per heavy atom. The smallest absolute Gasteiger partial charge is 0.475 e. The molecule has 4 aromatic carbocycles. The second-order valence-electron chi connectivity index (χ2n) is 18.3. The molecule has 0 spiro atoms. The molecule has 0 aliphatic carbocycles. The number of nitrogens with one attached hydrogen (secondary N) is 3. The van der Waals surface area contributed by atoms with E-state index in [1.54, 1.807) is 25.1 Å². The number of carboxylic acids is 1. The number of aryl methyl sites for hydroxylation is 4. The molecule has 0 saturated carbocycles. The van der Waals surface area contributed by atoms with Crippen molar-refractivity contribution in [2.45, 2.75) is 91.7 Å². The number of nitrogens with zero attached hydrogens (tertiary/aromatic N) is 7. The normalized spacial score (nSPS) is 16.4. The molecule has 6 aromatic rings. The zero-order valence-corrected chi connectivity index (χ0v) is 44.1. The number of alkyl halides is 3. The van der Waals surface area contributed by atoms with Crippen LogP contribution in [0.5, 0.6) is 0 Å². The molecule has 0 fully saturated rings. The van der Waals surface area contributed by atoms with E-state index in [0.717, 1.165) is 103 Å². The van der Waals surface area contributed by atoms with E-state index in [4.69, 9.17) is 33.1 Å². The van der Waals surface area contributed by atoms with E-state index in [1.165, 1.54) is 48.3 Å². The number of fused-ring (bicyclic) bond motifs is 6. The van der Waals surface area contributed by atoms with Gasteiger partial charge in [0.1, 0.15) is 11.6 Å². The number of hydrogen-bond donors (Lipinski definition) is 4. The highest BCUT2D eigenvalue weighted by Crippen LogP contribution is 2.41. The fourth-order valence-electron chi connectivity index (χ4n) is 9.31. The van der Waals surface area contributed by atoms with E-state index in [2.05, 4.69) is 89.9 Å². The monoisotopic (exact) mass is 1100 g/mol. The Morgan fingerprint density at radius 1 is 0.688 bits per heavy atom. The third-order valence-electron chi connectivity index (χ3n) is 12.9. The molecule has 2 atom stereocenters. The molecule has 0 bridgehead atoms. The van der Waals surface area contributed by atoms with Crippen molar-refractivity contribution in [1.29, 1.82) is 0 Å². The van der Waals surface area contributed by atoms with Gasteiger partial charge in [-0.1, -0.05) is 70.0 Å². The van der Waals surface area contributed by atoms with Crippen molar-refractivity contribution in [2.75, 3.05) is 36.8 Å². The molecule has 16 nitrogen and oxygen atoms in total. The summed E-state index contributed by atoms with van der Waals surface area (Å²) < 4.78 is 67.4. The second kappa shape index (κ2) is 25.1. The highest BCUT2D eigenvalue weighted by molar-refractivity contribution is 6.31. The van der Waals surface area contributed by atoms with Gasteiger partial charge in [-0.05, 0) is 128 Å². The first-order valence-electron chi connectivity index (χ1n) is 24.4. The molecule has 0 saturated heterocycles. The van der Waals surface area contributed by atoms with Crippen molar-refractivity contribution in [1.82, 2.24) is 40.2 Å². The van der Waals surface area contributed by atoms with E-state index in [1.807, 2.05) is 34.2 Å². The van der Waals surface area contributed by atoms with Crippen molar-refractivity contribution in [3.05, 3.63) is 140 Å². The quantitative estimate of drug-likeness (QED) is 0.0699. The summed E-state index contributed by atoms with van der Waals surface area (Å²) in [5.74, 6) is -4.63. The van der Waals surface area contributed by atoms with Crippen LogP contribution in [0.3, 0.4) is 0 Å². The Labute approximate surface area is 450 Å². The van der Waals surface area contributed by atoms with Crippen LogP contribution in [0.1, 0.15) is 92.2 Å². The minimum atomic E-state index is -5.08. The number of anilines is 2. The number of halogens is 7. The van der Waals surface area contributed by atoms with Crippen LogP contribution in [0.2, 0.25) is 10.0 Å². The van der Waals surface area contributed by atoms with E-state index < -0.39 is 35.7 Å². The maximum absolute atomic E-state index is 14.0. The number of benzene rings is 4. The average Bonchev–Trinajstić information content (AvgIpc) is 3.89. The molecule has 1 amide bonds. The van der Waals surface area contributed by atoms with Crippen molar-refractivity contribution in [3.8, 4) is 22.5 Å². The molecule has 406 valence electrons. The molecule has 2 aromatic heterocycles. The summed E-state index contributed by atoms with van der Waals surface area (Å²) in [6.07, 6.45) is 2.76. The maximum Gasteiger partial charge on any atom is 0.490 e. The van der Waals surface area contributed by atoms with Crippen LogP contribution >= 0.6 is 23.2 Å². The van der Waals surface area contributed by atoms with Gasteiger partial charge < -0.3 is 30.7 Å². The summed E-state index contributed by atoms with van der Waals surface area (Å²) in [6.45, 7) is 12.6. The van der Waals surface area contributed by atoms with Gasteiger partial charge in [0.2, 0.25) is 5.91 Å². The highest BCUT2D eigenvalue weighted by Gasteiger charge is 2.38. The zero-order valence-electron chi connectivity index (χ0n) is 42.6. The number of esters is 2. The number of amides is 1. The lowest BCUT2D eigenvalue weighted by Gasteiger charge is -2.26. The SMILES string of the molecule is CC(=O)N1CC=C(c2ccc3c(c2)C(Nc2ccc(F)c(Cl)c2)CCn2nnc(C)c2-3)CC1.CC(=O)OC(C)=O.Cc1nnn2c1-c1ccc(C3=CCNCC3)cc1C(Nc1ccc(Cl)c(F)c1)CC2.O=C(O)C(F)(F)F. The van der Waals surface area contributed by atoms with Crippen LogP contribution in [0.15, 0.2) is 84.9 Å². The first-order chi connectivity index (χ1) is 36.6. The van der Waals surface area contributed by atoms with Crippen molar-refractivity contribution >= 4 is 69.5 Å². The summed E-state index contributed by atoms with van der Waals surface area (Å²) >= 11 is 11.9. The van der Waals surface area contributed by atoms with Crippen molar-refractivity contribution in [2.24, 2.45) is 0 Å². The fraction of sp³-hybridized carbons (Fsp3) is 0.333. The van der Waals surface area contributed by atoms with Gasteiger partial charge >= 0.3 is 24.1 Å². The third-order valence-corrected chi connectivity index (χ3v) is 13.5. The zero-order chi connectivity index (χ0) is 55.7. The predicted molar refractivity (Wildman–Crippen MR) is 282 cm³/mol. The Bertz CT molecular complexity index is 3240. The van der Waals surface area contributed by atoms with E-state index in [-0.39, 0.29) is 28.0 Å². The lowest BCUT2D eigenvalue weighted by molar-refractivity contribution is -0.192. The molecule has 0 radical (unpaired) electrons. The summed E-state index contributed by atoms with van der Waals surface area (Å²) in [6, 6.07) is 22.7. The van der Waals surface area contributed by atoms with Crippen molar-refractivity contribution < 1.29 is 51.0 Å². The van der Waals surface area contributed by atoms with Gasteiger partial charge in [0.15, 0.2) is 0 Å². The molecule has 10 rings (SSSR count). The lowest BCUT2D eigenvalue weighted by atomic mass is 9.90. The van der Waals surface area contributed by atoms with E-state index in [9.17, 15) is 36.3 Å². The number of aromatic nitrogens is 6. The van der Waals surface area contributed by atoms with Gasteiger partial charge in [-0.3, -0.25) is 14.4 Å². The first-order valence-corrected chi connectivity index (χ1v) is 25.2. The Balaban J connectivity index is 0.000000180. The molecule has 2 unspecified atom stereocenters. The van der Waals surface area contributed by atoms with Gasteiger partial charge in [0.05, 0.1) is 44.9 Å². The summed E-state index contributed by atoms with van der Waals surface area (Å²) in [4.78, 5) is 42.1. The van der Waals surface area contributed by atoms with Crippen molar-refractivity contribution in [3.63, 3.8) is 0 Å². The second-order valence-corrected chi connectivity index (χ2v) is 19.2. The number of hydrogen-bond acceptors (Lipinski definition) is 12. The number of rotatable bonds is 6. The van der Waals surface area contributed by atoms with E-state index in [0.29, 0.717) is 18.8 Å². The molecule has 4 aliphatic rings. The highest BCUT2D eigenvalue weighted by atomic mass is 35.5. The topological polar surface area (TPSA) is 198 Å². The van der Waals surface area contributed by atoms with E-state index >= 15 is 0 Å². The average molecular weight is 1110 g/mol. The number of aliphatic carboxylic acids is 1. The third kappa shape index (κ3) is 14.5. The van der Waals surface area contributed by atoms with Gasteiger partial charge in [0, 0.05) is 76.0 Å². The van der Waals surface area contributed by atoms with Crippen LogP contribution in [-0.2, 0) is 37.0 Å². The van der Waals surface area contributed by atoms with Crippen LogP contribution in [-0.4, -0.2) is 96.2 Å². The van der Waals surface area contributed by atoms with Crippen LogP contribution in [0.4, 0.5) is 33.3 Å². The standard InChI is InChI=1S/C25H25ClFN5O.C23H23ClFN5.C4H6O3.C2HF3O2/c1-15-25-20-5-3-18(17-7-10-31(11-8-17)16(2)33)13-21(20)24(9-12-32(25)30-29-15)28-19-4-6-23(27)22(26)14-19;1-14-23-18-4-2-16(15-6-9-26-10-7-15)12-19(18)22(8-11-30(23)29-28-14)27-17-3-5-20(24)21(25)13-17;1-3(5)7-4(2)6;3-2(4,5)1(6)7/h3-7,13-14,24,28H,8-12H2,1-2H3;2-6,12-13,22,26-27H,7-11H2,1H3;1-2H3;(H,6,7). The first kappa shape index (κ1) is 57.2. The minimum absolute atomic E-state index is 0.0134. The summed E-state index contributed by atoms with van der Waals surface area (Å²) in [5.41, 5.74) is 14.9. The fourth-order valence-corrected chi connectivity index (χ4v) is 9.60. The number of ether oxygens (including phenoxy) is 1. The van der Waals surface area contributed by atoms with Crippen LogP contribution in [0, 0.1) is 25.5 Å². The number of carboxylic acid groups (broad SMARTS) is 1. The largest absolute Gasteiger partial charge is 0.490 e. The maximum atomic E-state index is 14.0. The van der Waals surface area contributed by atoms with Gasteiger partial charge in [-0.2, -0.15) is 13.2 Å². The molecule has 23 heteroatoms. The number of carbonyl (C=O) groups excluding carboxylic acids is 3.